The van der Waals surface area contributed by atoms with Crippen molar-refractivity contribution >= 4 is 17.4 Å². The first-order chi connectivity index (χ1) is 9.70. The summed E-state index contributed by atoms with van der Waals surface area (Å²) < 4.78 is 0. The van der Waals surface area contributed by atoms with E-state index in [1.807, 2.05) is 11.8 Å². The van der Waals surface area contributed by atoms with Crippen molar-refractivity contribution in [3.63, 3.8) is 0 Å². The van der Waals surface area contributed by atoms with Gasteiger partial charge in [-0.3, -0.25) is 0 Å². The SMILES string of the molecule is CCSCCC(C)NCc1ccc2c(c1)CCCN2C. The van der Waals surface area contributed by atoms with E-state index in [9.17, 15) is 0 Å². The van der Waals surface area contributed by atoms with Gasteiger partial charge in [0, 0.05) is 31.9 Å². The van der Waals surface area contributed by atoms with Crippen molar-refractivity contribution in [2.45, 2.75) is 45.7 Å². The lowest BCUT2D eigenvalue weighted by atomic mass is 9.99. The molecule has 0 fully saturated rings. The second kappa shape index (κ2) is 7.94. The van der Waals surface area contributed by atoms with E-state index >= 15 is 0 Å². The van der Waals surface area contributed by atoms with Gasteiger partial charge in [0.25, 0.3) is 0 Å². The molecular weight excluding hydrogens is 264 g/mol. The first-order valence-corrected chi connectivity index (χ1v) is 9.00. The summed E-state index contributed by atoms with van der Waals surface area (Å²) in [5.41, 5.74) is 4.37. The van der Waals surface area contributed by atoms with Crippen LogP contribution in [-0.2, 0) is 13.0 Å². The molecule has 0 aliphatic carbocycles. The van der Waals surface area contributed by atoms with E-state index in [1.165, 1.54) is 54.1 Å². The minimum Gasteiger partial charge on any atom is -0.374 e. The van der Waals surface area contributed by atoms with Crippen LogP contribution in [0.2, 0.25) is 0 Å². The Balaban J connectivity index is 1.84. The van der Waals surface area contributed by atoms with Gasteiger partial charge in [0.15, 0.2) is 0 Å². The summed E-state index contributed by atoms with van der Waals surface area (Å²) in [7, 11) is 2.20. The topological polar surface area (TPSA) is 15.3 Å². The lowest BCUT2D eigenvalue weighted by molar-refractivity contribution is 0.537. The molecule has 0 bridgehead atoms. The summed E-state index contributed by atoms with van der Waals surface area (Å²) in [6.45, 7) is 6.71. The molecule has 2 nitrogen and oxygen atoms in total. The standard InChI is InChI=1S/C17H28N2S/c1-4-20-11-9-14(2)18-13-15-7-8-17-16(12-15)6-5-10-19(17)3/h7-8,12,14,18H,4-6,9-11,13H2,1-3H3. The predicted molar refractivity (Wildman–Crippen MR) is 92.0 cm³/mol. The summed E-state index contributed by atoms with van der Waals surface area (Å²) in [4.78, 5) is 2.38. The van der Waals surface area contributed by atoms with E-state index in [0.29, 0.717) is 6.04 Å². The molecule has 1 aliphatic heterocycles. The molecule has 1 aromatic carbocycles. The van der Waals surface area contributed by atoms with Crippen LogP contribution in [0.25, 0.3) is 0 Å². The number of nitrogens with one attached hydrogen (secondary N) is 1. The molecule has 2 rings (SSSR count). The zero-order chi connectivity index (χ0) is 14.4. The Morgan fingerprint density at radius 3 is 3.05 bits per heavy atom. The Morgan fingerprint density at radius 2 is 2.25 bits per heavy atom. The normalized spacial score (nSPS) is 16.1. The van der Waals surface area contributed by atoms with Crippen molar-refractivity contribution in [1.29, 1.82) is 0 Å². The monoisotopic (exact) mass is 292 g/mol. The first kappa shape index (κ1) is 15.7. The van der Waals surface area contributed by atoms with Crippen LogP contribution in [0.3, 0.4) is 0 Å². The van der Waals surface area contributed by atoms with Crippen LogP contribution in [0.15, 0.2) is 18.2 Å². The third kappa shape index (κ3) is 4.42. The Labute approximate surface area is 128 Å². The largest absolute Gasteiger partial charge is 0.374 e. The van der Waals surface area contributed by atoms with Gasteiger partial charge in [0.1, 0.15) is 0 Å². The van der Waals surface area contributed by atoms with Crippen molar-refractivity contribution in [2.24, 2.45) is 0 Å². The van der Waals surface area contributed by atoms with Crippen LogP contribution in [0, 0.1) is 0 Å². The van der Waals surface area contributed by atoms with E-state index in [2.05, 4.69) is 49.3 Å². The molecule has 0 saturated carbocycles. The molecule has 3 heteroatoms. The van der Waals surface area contributed by atoms with Crippen molar-refractivity contribution < 1.29 is 0 Å². The van der Waals surface area contributed by atoms with Crippen molar-refractivity contribution in [1.82, 2.24) is 5.32 Å². The van der Waals surface area contributed by atoms with Gasteiger partial charge in [-0.25, -0.2) is 0 Å². The molecule has 0 radical (unpaired) electrons. The minimum atomic E-state index is 0.604. The smallest absolute Gasteiger partial charge is 0.0396 e. The van der Waals surface area contributed by atoms with Gasteiger partial charge in [0.2, 0.25) is 0 Å². The fraction of sp³-hybridized carbons (Fsp3) is 0.647. The second-order valence-corrected chi connectivity index (χ2v) is 7.15. The molecule has 1 N–H and O–H groups in total. The van der Waals surface area contributed by atoms with Crippen LogP contribution >= 0.6 is 11.8 Å². The van der Waals surface area contributed by atoms with E-state index in [1.54, 1.807) is 0 Å². The molecule has 1 aromatic rings. The molecule has 112 valence electrons. The average Bonchev–Trinajstić information content (AvgIpc) is 2.45. The fourth-order valence-corrected chi connectivity index (χ4v) is 3.56. The number of nitrogens with zero attached hydrogens (tertiary/aromatic N) is 1. The third-order valence-corrected chi connectivity index (χ3v) is 4.98. The highest BCUT2D eigenvalue weighted by Crippen LogP contribution is 2.26. The molecule has 1 unspecified atom stereocenters. The summed E-state index contributed by atoms with van der Waals surface area (Å²) in [6.07, 6.45) is 3.77. The maximum absolute atomic E-state index is 3.65. The highest BCUT2D eigenvalue weighted by Gasteiger charge is 2.13. The van der Waals surface area contributed by atoms with E-state index in [0.717, 1.165) is 6.54 Å². The number of aryl methyl sites for hydroxylation is 1. The second-order valence-electron chi connectivity index (χ2n) is 5.76. The third-order valence-electron chi connectivity index (χ3n) is 4.05. The highest BCUT2D eigenvalue weighted by atomic mass is 32.2. The fourth-order valence-electron chi connectivity index (χ4n) is 2.75. The zero-order valence-electron chi connectivity index (χ0n) is 13.1. The molecule has 0 spiro atoms. The highest BCUT2D eigenvalue weighted by molar-refractivity contribution is 7.99. The molecule has 1 heterocycles. The predicted octanol–water partition coefficient (Wildman–Crippen LogP) is 3.69. The van der Waals surface area contributed by atoms with Gasteiger partial charge >= 0.3 is 0 Å². The van der Waals surface area contributed by atoms with E-state index in [-0.39, 0.29) is 0 Å². The Kier molecular flexibility index (Phi) is 6.24. The first-order valence-electron chi connectivity index (χ1n) is 7.84. The van der Waals surface area contributed by atoms with Gasteiger partial charge in [-0.05, 0) is 54.9 Å². The summed E-state index contributed by atoms with van der Waals surface area (Å²) >= 11 is 2.03. The molecular formula is C17H28N2S. The van der Waals surface area contributed by atoms with Crippen LogP contribution in [0.1, 0.15) is 37.8 Å². The lowest BCUT2D eigenvalue weighted by Crippen LogP contribution is -2.27. The number of hydrogen-bond acceptors (Lipinski definition) is 3. The molecule has 20 heavy (non-hydrogen) atoms. The van der Waals surface area contributed by atoms with Gasteiger partial charge in [-0.15, -0.1) is 0 Å². The minimum absolute atomic E-state index is 0.604. The van der Waals surface area contributed by atoms with Crippen LogP contribution < -0.4 is 10.2 Å². The number of thioether (sulfide) groups is 1. The summed E-state index contributed by atoms with van der Waals surface area (Å²) in [5.74, 6) is 2.49. The number of fused-ring (bicyclic) bond motifs is 1. The molecule has 0 saturated heterocycles. The lowest BCUT2D eigenvalue weighted by Gasteiger charge is -2.28. The van der Waals surface area contributed by atoms with Crippen molar-refractivity contribution in [2.75, 3.05) is 30.0 Å². The number of rotatable bonds is 7. The zero-order valence-corrected chi connectivity index (χ0v) is 13.9. The Bertz CT molecular complexity index is 419. The van der Waals surface area contributed by atoms with Crippen LogP contribution in [-0.4, -0.2) is 31.1 Å². The number of hydrogen-bond donors (Lipinski definition) is 1. The Hall–Kier alpha value is -0.670. The molecule has 1 atom stereocenters. The van der Waals surface area contributed by atoms with Gasteiger partial charge in [-0.2, -0.15) is 11.8 Å². The van der Waals surface area contributed by atoms with Gasteiger partial charge in [-0.1, -0.05) is 19.1 Å². The Morgan fingerprint density at radius 1 is 1.40 bits per heavy atom. The molecule has 0 amide bonds. The quantitative estimate of drug-likeness (QED) is 0.772. The maximum atomic E-state index is 3.65. The summed E-state index contributed by atoms with van der Waals surface area (Å²) in [6, 6.07) is 7.57. The van der Waals surface area contributed by atoms with Crippen LogP contribution in [0.5, 0.6) is 0 Å². The molecule has 1 aliphatic rings. The van der Waals surface area contributed by atoms with E-state index < -0.39 is 0 Å². The van der Waals surface area contributed by atoms with Gasteiger partial charge in [0.05, 0.1) is 0 Å². The van der Waals surface area contributed by atoms with E-state index in [4.69, 9.17) is 0 Å². The average molecular weight is 292 g/mol. The van der Waals surface area contributed by atoms with Gasteiger partial charge < -0.3 is 10.2 Å². The van der Waals surface area contributed by atoms with Crippen molar-refractivity contribution in [3.8, 4) is 0 Å². The summed E-state index contributed by atoms with van der Waals surface area (Å²) in [5, 5.41) is 3.65. The van der Waals surface area contributed by atoms with Crippen LogP contribution in [0.4, 0.5) is 5.69 Å². The molecule has 0 aromatic heterocycles. The maximum Gasteiger partial charge on any atom is 0.0396 e. The van der Waals surface area contributed by atoms with Crippen molar-refractivity contribution in [3.05, 3.63) is 29.3 Å². The number of anilines is 1. The number of benzene rings is 1.